The molecule has 0 atom stereocenters. The van der Waals surface area contributed by atoms with Crippen LogP contribution >= 0.6 is 0 Å². The lowest BCUT2D eigenvalue weighted by molar-refractivity contribution is -0.147. The first-order chi connectivity index (χ1) is 9.46. The van der Waals surface area contributed by atoms with Gasteiger partial charge in [-0.05, 0) is 30.5 Å². The van der Waals surface area contributed by atoms with Gasteiger partial charge < -0.3 is 10.4 Å². The molecule has 1 fully saturated rings. The molecule has 1 aromatic rings. The molecule has 0 aliphatic carbocycles. The average molecular weight is 288 g/mol. The Morgan fingerprint density at radius 3 is 2.25 bits per heavy atom. The van der Waals surface area contributed by atoms with Gasteiger partial charge in [-0.15, -0.1) is 0 Å². The van der Waals surface area contributed by atoms with Crippen molar-refractivity contribution in [2.45, 2.75) is 31.7 Å². The lowest BCUT2D eigenvalue weighted by atomic mass is 10.0. The highest BCUT2D eigenvalue weighted by atomic mass is 19.4. The number of halogens is 3. The largest absolute Gasteiger partial charge is 0.401 e. The van der Waals surface area contributed by atoms with Crippen molar-refractivity contribution in [1.29, 1.82) is 0 Å². The monoisotopic (exact) mass is 288 g/mol. The van der Waals surface area contributed by atoms with E-state index in [1.54, 1.807) is 0 Å². The number of likely N-dealkylation sites (tertiary alicyclic amines) is 1. The number of nitrogens with one attached hydrogen (secondary N) is 1. The van der Waals surface area contributed by atoms with Crippen molar-refractivity contribution >= 4 is 5.69 Å². The van der Waals surface area contributed by atoms with Crippen molar-refractivity contribution in [1.82, 2.24) is 4.90 Å². The molecule has 0 unspecified atom stereocenters. The van der Waals surface area contributed by atoms with Crippen molar-refractivity contribution in [2.24, 2.45) is 0 Å². The molecule has 2 N–H and O–H groups in total. The Bertz CT molecular complexity index is 411. The maximum atomic E-state index is 12.3. The van der Waals surface area contributed by atoms with E-state index in [0.717, 1.165) is 11.3 Å². The molecule has 0 amide bonds. The first-order valence-electron chi connectivity index (χ1n) is 6.72. The molecule has 20 heavy (non-hydrogen) atoms. The third-order valence-electron chi connectivity index (χ3n) is 3.50. The van der Waals surface area contributed by atoms with Gasteiger partial charge in [0, 0.05) is 24.8 Å². The van der Waals surface area contributed by atoms with Crippen molar-refractivity contribution in [3.8, 4) is 0 Å². The summed E-state index contributed by atoms with van der Waals surface area (Å²) in [6, 6.07) is 7.64. The molecule has 0 spiro atoms. The minimum absolute atomic E-state index is 0.0100. The number of anilines is 1. The van der Waals surface area contributed by atoms with Crippen LogP contribution in [0.4, 0.5) is 18.9 Å². The summed E-state index contributed by atoms with van der Waals surface area (Å²) in [5, 5.41) is 12.3. The minimum Gasteiger partial charge on any atom is -0.392 e. The van der Waals surface area contributed by atoms with Gasteiger partial charge in [-0.25, -0.2) is 0 Å². The van der Waals surface area contributed by atoms with Crippen LogP contribution in [0.5, 0.6) is 0 Å². The molecule has 1 aliphatic rings. The Balaban J connectivity index is 1.79. The summed E-state index contributed by atoms with van der Waals surface area (Å²) >= 11 is 0. The number of hydrogen-bond acceptors (Lipinski definition) is 3. The predicted octanol–water partition coefficient (Wildman–Crippen LogP) is 2.62. The van der Waals surface area contributed by atoms with Gasteiger partial charge in [-0.1, -0.05) is 12.1 Å². The molecule has 0 bridgehead atoms. The molecule has 0 radical (unpaired) electrons. The SMILES string of the molecule is OCc1ccc(NC2CCN(CC(F)(F)F)CC2)cc1. The lowest BCUT2D eigenvalue weighted by Gasteiger charge is -2.33. The maximum absolute atomic E-state index is 12.3. The molecule has 0 aromatic heterocycles. The average Bonchev–Trinajstić information content (AvgIpc) is 2.40. The number of aliphatic hydroxyl groups is 1. The van der Waals surface area contributed by atoms with Gasteiger partial charge in [0.1, 0.15) is 0 Å². The fourth-order valence-corrected chi connectivity index (χ4v) is 2.43. The minimum atomic E-state index is -4.11. The summed E-state index contributed by atoms with van der Waals surface area (Å²) in [5.41, 5.74) is 1.78. The third-order valence-corrected chi connectivity index (χ3v) is 3.50. The lowest BCUT2D eigenvalue weighted by Crippen LogP contribution is -2.43. The Hall–Kier alpha value is -1.27. The molecule has 1 saturated heterocycles. The molecule has 1 aromatic carbocycles. The number of piperidine rings is 1. The van der Waals surface area contributed by atoms with Gasteiger partial charge in [0.15, 0.2) is 0 Å². The van der Waals surface area contributed by atoms with Gasteiger partial charge >= 0.3 is 6.18 Å². The smallest absolute Gasteiger partial charge is 0.392 e. The van der Waals surface area contributed by atoms with E-state index in [0.29, 0.717) is 25.9 Å². The van der Waals surface area contributed by atoms with Crippen molar-refractivity contribution in [3.05, 3.63) is 29.8 Å². The van der Waals surface area contributed by atoms with Crippen LogP contribution in [-0.2, 0) is 6.61 Å². The van der Waals surface area contributed by atoms with Crippen LogP contribution in [0.3, 0.4) is 0 Å². The normalized spacial score (nSPS) is 18.2. The fourth-order valence-electron chi connectivity index (χ4n) is 2.43. The quantitative estimate of drug-likeness (QED) is 0.894. The summed E-state index contributed by atoms with van der Waals surface area (Å²) in [6.45, 7) is 0.124. The fraction of sp³-hybridized carbons (Fsp3) is 0.571. The van der Waals surface area contributed by atoms with E-state index in [2.05, 4.69) is 5.32 Å². The second-order valence-electron chi connectivity index (χ2n) is 5.16. The van der Waals surface area contributed by atoms with Crippen molar-refractivity contribution in [2.75, 3.05) is 25.0 Å². The Kier molecular flexibility index (Phi) is 4.88. The Labute approximate surface area is 116 Å². The van der Waals surface area contributed by atoms with Crippen molar-refractivity contribution in [3.63, 3.8) is 0 Å². The van der Waals surface area contributed by atoms with Crippen molar-refractivity contribution < 1.29 is 18.3 Å². The first-order valence-corrected chi connectivity index (χ1v) is 6.72. The van der Waals surface area contributed by atoms with E-state index in [1.165, 1.54) is 4.90 Å². The summed E-state index contributed by atoms with van der Waals surface area (Å²) in [6.07, 6.45) is -2.70. The predicted molar refractivity (Wildman–Crippen MR) is 71.5 cm³/mol. The zero-order valence-electron chi connectivity index (χ0n) is 11.2. The highest BCUT2D eigenvalue weighted by Gasteiger charge is 2.32. The number of hydrogen-bond donors (Lipinski definition) is 2. The van der Waals surface area contributed by atoms with E-state index in [1.807, 2.05) is 24.3 Å². The van der Waals surface area contributed by atoms with Gasteiger partial charge in [0.25, 0.3) is 0 Å². The zero-order chi connectivity index (χ0) is 14.6. The molecule has 1 heterocycles. The molecule has 3 nitrogen and oxygen atoms in total. The van der Waals surface area contributed by atoms with E-state index >= 15 is 0 Å². The number of nitrogens with zero attached hydrogens (tertiary/aromatic N) is 1. The van der Waals surface area contributed by atoms with E-state index in [9.17, 15) is 13.2 Å². The molecule has 0 saturated carbocycles. The highest BCUT2D eigenvalue weighted by Crippen LogP contribution is 2.21. The number of aliphatic hydroxyl groups excluding tert-OH is 1. The maximum Gasteiger partial charge on any atom is 0.401 e. The van der Waals surface area contributed by atoms with Gasteiger partial charge in [0.2, 0.25) is 0 Å². The van der Waals surface area contributed by atoms with E-state index < -0.39 is 12.7 Å². The summed E-state index contributed by atoms with van der Waals surface area (Å²) in [5.74, 6) is 0. The standard InChI is InChI=1S/C14H19F3N2O/c15-14(16,17)10-19-7-5-13(6-8-19)18-12-3-1-11(9-20)2-4-12/h1-4,13,18,20H,5-10H2. The number of benzene rings is 1. The number of rotatable bonds is 4. The van der Waals surface area contributed by atoms with Crippen LogP contribution in [0.2, 0.25) is 0 Å². The molecule has 112 valence electrons. The van der Waals surface area contributed by atoms with Gasteiger partial charge in [-0.2, -0.15) is 13.2 Å². The molecular formula is C14H19F3N2O. The van der Waals surface area contributed by atoms with E-state index in [-0.39, 0.29) is 12.6 Å². The van der Waals surface area contributed by atoms with Gasteiger partial charge in [0.05, 0.1) is 13.2 Å². The summed E-state index contributed by atoms with van der Waals surface area (Å²) in [7, 11) is 0. The zero-order valence-corrected chi connectivity index (χ0v) is 11.2. The van der Waals surface area contributed by atoms with Crippen LogP contribution < -0.4 is 5.32 Å². The first kappa shape index (κ1) is 15.1. The highest BCUT2D eigenvalue weighted by molar-refractivity contribution is 5.45. The van der Waals surface area contributed by atoms with Crippen LogP contribution in [0.1, 0.15) is 18.4 Å². The van der Waals surface area contributed by atoms with Crippen LogP contribution in [0.25, 0.3) is 0 Å². The molecule has 1 aliphatic heterocycles. The Morgan fingerprint density at radius 1 is 1.15 bits per heavy atom. The van der Waals surface area contributed by atoms with Crippen LogP contribution in [0, 0.1) is 0 Å². The van der Waals surface area contributed by atoms with E-state index in [4.69, 9.17) is 5.11 Å². The van der Waals surface area contributed by atoms with Crippen LogP contribution in [-0.4, -0.2) is 41.9 Å². The second kappa shape index (κ2) is 6.45. The Morgan fingerprint density at radius 2 is 1.75 bits per heavy atom. The molecular weight excluding hydrogens is 269 g/mol. The molecule has 6 heteroatoms. The van der Waals surface area contributed by atoms with Crippen LogP contribution in [0.15, 0.2) is 24.3 Å². The third kappa shape index (κ3) is 4.68. The second-order valence-corrected chi connectivity index (χ2v) is 5.16. The summed E-state index contributed by atoms with van der Waals surface area (Å²) < 4.78 is 36.8. The molecule has 2 rings (SSSR count). The number of alkyl halides is 3. The summed E-state index contributed by atoms with van der Waals surface area (Å²) in [4.78, 5) is 1.45. The van der Waals surface area contributed by atoms with Gasteiger partial charge in [-0.3, -0.25) is 4.90 Å². The topological polar surface area (TPSA) is 35.5 Å².